The summed E-state index contributed by atoms with van der Waals surface area (Å²) in [5.74, 6) is -1.05. The number of rotatable bonds is 11. The fourth-order valence-corrected chi connectivity index (χ4v) is 10.6. The third kappa shape index (κ3) is 7.86. The molecule has 2 bridgehead atoms. The Kier molecular flexibility index (Phi) is 11.5. The van der Waals surface area contributed by atoms with E-state index in [4.69, 9.17) is 13.9 Å². The molecule has 4 aromatic carbocycles. The van der Waals surface area contributed by atoms with Crippen LogP contribution in [0.5, 0.6) is 0 Å². The van der Waals surface area contributed by atoms with Crippen molar-refractivity contribution < 1.29 is 31.9 Å². The topological polar surface area (TPSA) is 104 Å². The van der Waals surface area contributed by atoms with Crippen LogP contribution < -0.4 is 0 Å². The third-order valence-corrected chi connectivity index (χ3v) is 18.5. The van der Waals surface area contributed by atoms with Gasteiger partial charge in [-0.25, -0.2) is 22.0 Å². The fourth-order valence-electron chi connectivity index (χ4n) is 8.23. The first-order valence-electron chi connectivity index (χ1n) is 20.1. The number of piperidine rings is 1. The van der Waals surface area contributed by atoms with Gasteiger partial charge in [0, 0.05) is 17.3 Å². The highest BCUT2D eigenvalue weighted by atomic mass is 32.2. The van der Waals surface area contributed by atoms with Crippen LogP contribution in [-0.2, 0) is 37.0 Å². The molecule has 1 unspecified atom stereocenters. The minimum Gasteiger partial charge on any atom is -0.549 e. The number of benzene rings is 4. The molecule has 58 heavy (non-hydrogen) atoms. The third-order valence-electron chi connectivity index (χ3n) is 12.5. The molecule has 0 N–H and O–H groups in total. The van der Waals surface area contributed by atoms with Gasteiger partial charge in [-0.2, -0.15) is 0 Å². The van der Waals surface area contributed by atoms with E-state index in [2.05, 4.69) is 40.8 Å². The lowest BCUT2D eigenvalue weighted by Gasteiger charge is -2.52. The zero-order valence-electron chi connectivity index (χ0n) is 34.5. The molecule has 1 saturated heterocycles. The molecule has 304 valence electrons. The molecule has 5 aromatic rings. The first-order chi connectivity index (χ1) is 27.6. The molecule has 1 amide bonds. The van der Waals surface area contributed by atoms with Crippen molar-refractivity contribution in [3.8, 4) is 0 Å². The van der Waals surface area contributed by atoms with Gasteiger partial charge in [-0.05, 0) is 97.3 Å². The summed E-state index contributed by atoms with van der Waals surface area (Å²) < 4.78 is 50.4. The van der Waals surface area contributed by atoms with Gasteiger partial charge >= 0.3 is 12.1 Å². The minimum absolute atomic E-state index is 0.0331. The van der Waals surface area contributed by atoms with Gasteiger partial charge in [0.15, 0.2) is 0 Å². The van der Waals surface area contributed by atoms with E-state index in [0.29, 0.717) is 36.0 Å². The first kappa shape index (κ1) is 41.0. The molecular weight excluding hydrogens is 765 g/mol. The molecule has 0 radical (unpaired) electrons. The molecular formula is C47H54N2O7SSi. The fraction of sp³-hybridized carbons (Fsp3) is 0.362. The van der Waals surface area contributed by atoms with Crippen LogP contribution in [0.15, 0.2) is 126 Å². The number of carbonyl (C=O) groups excluding carboxylic acids is 2. The zero-order valence-corrected chi connectivity index (χ0v) is 36.3. The number of allylic oxidation sites excluding steroid dienone is 1. The zero-order chi connectivity index (χ0) is 41.4. The first-order valence-corrected chi connectivity index (χ1v) is 24.5. The monoisotopic (exact) mass is 818 g/mol. The van der Waals surface area contributed by atoms with Crippen LogP contribution in [0.4, 0.5) is 4.79 Å². The molecule has 2 aliphatic rings. The Morgan fingerprint density at radius 3 is 2.16 bits per heavy atom. The Morgan fingerprint density at radius 2 is 1.50 bits per heavy atom. The van der Waals surface area contributed by atoms with Crippen LogP contribution in [0.3, 0.4) is 0 Å². The minimum atomic E-state index is -4.14. The van der Waals surface area contributed by atoms with E-state index in [9.17, 15) is 18.0 Å². The van der Waals surface area contributed by atoms with Crippen LogP contribution in [0.2, 0.25) is 18.1 Å². The number of nitrogens with zero attached hydrogens (tertiary/aromatic N) is 2. The molecule has 2 aliphatic heterocycles. The quantitative estimate of drug-likeness (QED) is 0.0742. The highest BCUT2D eigenvalue weighted by Gasteiger charge is 2.53. The number of hydrogen-bond donors (Lipinski definition) is 0. The summed E-state index contributed by atoms with van der Waals surface area (Å²) in [4.78, 5) is 30.2. The second-order valence-corrected chi connectivity index (χ2v) is 23.6. The van der Waals surface area contributed by atoms with Crippen LogP contribution in [0.1, 0.15) is 79.3 Å². The van der Waals surface area contributed by atoms with Crippen LogP contribution in [-0.4, -0.2) is 50.3 Å². The lowest BCUT2D eigenvalue weighted by molar-refractivity contribution is -0.0321. The van der Waals surface area contributed by atoms with E-state index in [1.165, 1.54) is 3.97 Å². The van der Waals surface area contributed by atoms with Crippen molar-refractivity contribution >= 4 is 41.3 Å². The maximum Gasteiger partial charge on any atom is 0.410 e. The van der Waals surface area contributed by atoms with Crippen molar-refractivity contribution in [1.82, 2.24) is 8.87 Å². The molecule has 0 saturated carbocycles. The van der Waals surface area contributed by atoms with E-state index in [0.717, 1.165) is 27.6 Å². The normalized spacial score (nSPS) is 19.7. The van der Waals surface area contributed by atoms with Crippen molar-refractivity contribution in [1.29, 1.82) is 0 Å². The van der Waals surface area contributed by atoms with Crippen LogP contribution >= 0.6 is 0 Å². The summed E-state index contributed by atoms with van der Waals surface area (Å²) in [6.45, 7) is 15.1. The van der Waals surface area contributed by atoms with Gasteiger partial charge in [-0.1, -0.05) is 112 Å². The lowest BCUT2D eigenvalue weighted by Crippen LogP contribution is -2.58. The number of hydrogen-bond acceptors (Lipinski definition) is 7. The summed E-state index contributed by atoms with van der Waals surface area (Å²) in [7, 11) is -6.38. The average Bonchev–Trinajstić information content (AvgIpc) is 3.55. The smallest absolute Gasteiger partial charge is 0.410 e. The van der Waals surface area contributed by atoms with E-state index in [1.54, 1.807) is 53.4 Å². The Balaban J connectivity index is 1.40. The summed E-state index contributed by atoms with van der Waals surface area (Å²) in [5.41, 5.74) is 5.22. The number of fused-ring (bicyclic) bond motifs is 6. The number of amides is 1. The van der Waals surface area contributed by atoms with E-state index in [1.807, 2.05) is 73.8 Å². The summed E-state index contributed by atoms with van der Waals surface area (Å²) in [6.07, 6.45) is 2.71. The van der Waals surface area contributed by atoms with Crippen molar-refractivity contribution in [2.24, 2.45) is 11.8 Å². The number of ether oxygens (including phenoxy) is 2. The summed E-state index contributed by atoms with van der Waals surface area (Å²) in [6, 6.07) is 31.6. The highest BCUT2D eigenvalue weighted by molar-refractivity contribution is 7.90. The van der Waals surface area contributed by atoms with Gasteiger partial charge in [-0.15, -0.1) is 0 Å². The van der Waals surface area contributed by atoms with Gasteiger partial charge in [0.2, 0.25) is 8.32 Å². The summed E-state index contributed by atoms with van der Waals surface area (Å²) >= 11 is 0. The number of para-hydroxylation sites is 1. The second kappa shape index (κ2) is 16.3. The lowest BCUT2D eigenvalue weighted by atomic mass is 9.68. The van der Waals surface area contributed by atoms with Gasteiger partial charge in [-0.3, -0.25) is 4.90 Å². The molecule has 0 aliphatic carbocycles. The van der Waals surface area contributed by atoms with Crippen molar-refractivity contribution in [2.45, 2.75) is 95.6 Å². The Labute approximate surface area is 343 Å². The van der Waals surface area contributed by atoms with Gasteiger partial charge in [0.05, 0.1) is 40.6 Å². The molecule has 9 nitrogen and oxygen atoms in total. The number of aromatic nitrogens is 1. The molecule has 1 fully saturated rings. The largest absolute Gasteiger partial charge is 0.549 e. The van der Waals surface area contributed by atoms with Gasteiger partial charge in [0.1, 0.15) is 6.61 Å². The Morgan fingerprint density at radius 1 is 0.862 bits per heavy atom. The molecule has 7 rings (SSSR count). The van der Waals surface area contributed by atoms with Crippen molar-refractivity contribution in [3.63, 3.8) is 0 Å². The maximum absolute atomic E-state index is 14.9. The second-order valence-electron chi connectivity index (χ2n) is 17.1. The van der Waals surface area contributed by atoms with Crippen LogP contribution in [0, 0.1) is 18.8 Å². The predicted octanol–water partition coefficient (Wildman–Crippen LogP) is 10.6. The van der Waals surface area contributed by atoms with Crippen molar-refractivity contribution in [2.75, 3.05) is 6.61 Å². The maximum atomic E-state index is 14.9. The van der Waals surface area contributed by atoms with Gasteiger partial charge in [0.25, 0.3) is 10.0 Å². The highest BCUT2D eigenvalue weighted by Crippen LogP contribution is 2.53. The summed E-state index contributed by atoms with van der Waals surface area (Å²) in [5, 5.41) is 0.765. The molecule has 1 aromatic heterocycles. The molecule has 3 heterocycles. The standard InChI is InChI=1S/C47H54N2O7SSi/c1-8-34(30-56-58(6,7)47(3,4)5)38-27-43-44-39(37-21-15-16-22-41(37)49(44)57(52,53)36-25-23-32(2)24-26-36)28-42(40(38)31-54-45(50)35-19-13-10-14-20-35)48(43)46(51)55-29-33-17-11-9-12-18-33/h9-26,30,38,40,42-43H,8,27-29,31H2,1-7H3/b34-30+/t38-,40-,42?,43-/m0/s1. The van der Waals surface area contributed by atoms with E-state index < -0.39 is 42.5 Å². The average molecular weight is 819 g/mol. The van der Waals surface area contributed by atoms with E-state index in [-0.39, 0.29) is 35.0 Å². The number of carbonyl (C=O) groups is 2. The molecule has 0 spiro atoms. The predicted molar refractivity (Wildman–Crippen MR) is 229 cm³/mol. The molecule has 4 atom stereocenters. The van der Waals surface area contributed by atoms with Crippen LogP contribution in [0.25, 0.3) is 10.9 Å². The Hall–Kier alpha value is -5.13. The number of aryl methyl sites for hydroxylation is 1. The number of esters is 1. The Bertz CT molecular complexity index is 2420. The SMILES string of the molecule is CC/C(=C\O[Si](C)(C)C(C)(C)C)[C@@H]1C[C@H]2c3c(c4ccccc4n3S(=O)(=O)c3ccc(C)cc3)CC([C@H]1COC(=O)c1ccccc1)N2C(=O)OCc1ccccc1. The van der Waals surface area contributed by atoms with E-state index >= 15 is 0 Å². The molecule has 11 heteroatoms. The van der Waals surface area contributed by atoms with Gasteiger partial charge < -0.3 is 13.9 Å². The van der Waals surface area contributed by atoms with Crippen molar-refractivity contribution in [3.05, 3.63) is 149 Å².